The molecule has 1 heterocycles. The first-order valence-electron chi connectivity index (χ1n) is 20.0. The molecular weight excluding hydrogens is 702 g/mol. The van der Waals surface area contributed by atoms with Crippen LogP contribution in [0.25, 0.3) is 0 Å². The number of carbonyl (C=O) groups excluding carboxylic acids is 5. The molecule has 12 nitrogen and oxygen atoms in total. The molecule has 1 saturated heterocycles. The van der Waals surface area contributed by atoms with Gasteiger partial charge in [0.05, 0.1) is 42.7 Å². The highest BCUT2D eigenvalue weighted by Gasteiger charge is 2.43. The molecular formula is C43H69N3O9. The number of nitrogens with zero attached hydrogens (tertiary/aromatic N) is 3. The Bertz CT molecular complexity index is 1430. The molecule has 0 spiro atoms. The van der Waals surface area contributed by atoms with E-state index in [1.54, 1.807) is 30.8 Å². The summed E-state index contributed by atoms with van der Waals surface area (Å²) < 4.78 is 11.9. The Morgan fingerprint density at radius 1 is 0.855 bits per heavy atom. The molecule has 1 aromatic carbocycles. The number of benzene rings is 1. The molecule has 55 heavy (non-hydrogen) atoms. The number of likely N-dealkylation sites (tertiary alicyclic amines) is 1. The van der Waals surface area contributed by atoms with Gasteiger partial charge in [-0.05, 0) is 42.6 Å². The Morgan fingerprint density at radius 2 is 1.47 bits per heavy atom. The van der Waals surface area contributed by atoms with Crippen LogP contribution in [0.1, 0.15) is 99.5 Å². The van der Waals surface area contributed by atoms with Gasteiger partial charge in [0, 0.05) is 66.5 Å². The molecule has 2 rings (SSSR count). The number of carboxylic acids is 1. The molecule has 9 atom stereocenters. The van der Waals surface area contributed by atoms with Crippen LogP contribution in [0, 0.1) is 35.5 Å². The second-order valence-corrected chi connectivity index (χ2v) is 16.3. The van der Waals surface area contributed by atoms with Gasteiger partial charge in [-0.15, -0.1) is 0 Å². The van der Waals surface area contributed by atoms with Crippen LogP contribution in [-0.2, 0) is 44.7 Å². The number of aliphatic carboxylic acids is 1. The predicted molar refractivity (Wildman–Crippen MR) is 212 cm³/mol. The number of hydrogen-bond donors (Lipinski definition) is 1. The van der Waals surface area contributed by atoms with Crippen LogP contribution < -0.4 is 0 Å². The fourth-order valence-electron chi connectivity index (χ4n) is 8.35. The van der Waals surface area contributed by atoms with Crippen molar-refractivity contribution in [1.82, 2.24) is 14.7 Å². The number of Topliss-reactive ketones (excluding diaryl/α,β-unsaturated/α-hetero) is 2. The normalized spacial score (nSPS) is 18.9. The number of carbonyl (C=O) groups is 6. The van der Waals surface area contributed by atoms with Crippen molar-refractivity contribution in [2.45, 2.75) is 131 Å². The number of ether oxygens (including phenoxy) is 2. The summed E-state index contributed by atoms with van der Waals surface area (Å²) in [5.74, 6) is -4.58. The van der Waals surface area contributed by atoms with Crippen molar-refractivity contribution in [3.05, 3.63) is 35.9 Å². The molecule has 3 amide bonds. The molecule has 0 aromatic heterocycles. The Morgan fingerprint density at radius 3 is 1.96 bits per heavy atom. The summed E-state index contributed by atoms with van der Waals surface area (Å²) in [6.45, 7) is 15.3. The molecule has 0 radical (unpaired) electrons. The highest BCUT2D eigenvalue weighted by molar-refractivity contribution is 5.92. The minimum Gasteiger partial charge on any atom is -0.481 e. The van der Waals surface area contributed by atoms with Gasteiger partial charge in [-0.25, -0.2) is 0 Å². The van der Waals surface area contributed by atoms with E-state index in [0.717, 1.165) is 5.56 Å². The number of amides is 3. The molecule has 0 unspecified atom stereocenters. The zero-order valence-corrected chi connectivity index (χ0v) is 35.4. The summed E-state index contributed by atoms with van der Waals surface area (Å²) in [4.78, 5) is 85.1. The molecule has 12 heteroatoms. The van der Waals surface area contributed by atoms with Gasteiger partial charge < -0.3 is 29.3 Å². The summed E-state index contributed by atoms with van der Waals surface area (Å²) in [6.07, 6.45) is 0.799. The van der Waals surface area contributed by atoms with Gasteiger partial charge in [-0.3, -0.25) is 28.8 Å². The monoisotopic (exact) mass is 772 g/mol. The third-order valence-corrected chi connectivity index (χ3v) is 11.9. The van der Waals surface area contributed by atoms with E-state index in [9.17, 15) is 33.9 Å². The molecule has 1 aromatic rings. The van der Waals surface area contributed by atoms with Crippen LogP contribution >= 0.6 is 0 Å². The van der Waals surface area contributed by atoms with E-state index in [-0.39, 0.29) is 72.7 Å². The minimum atomic E-state index is -1.03. The van der Waals surface area contributed by atoms with Gasteiger partial charge in [0.25, 0.3) is 0 Å². The number of hydrogen-bond acceptors (Lipinski definition) is 8. The number of rotatable bonds is 23. The first-order chi connectivity index (χ1) is 25.8. The lowest BCUT2D eigenvalue weighted by molar-refractivity contribution is -0.150. The average molecular weight is 772 g/mol. The van der Waals surface area contributed by atoms with Crippen LogP contribution in [0.4, 0.5) is 0 Å². The van der Waals surface area contributed by atoms with Crippen molar-refractivity contribution < 1.29 is 43.3 Å². The molecule has 1 N–H and O–H groups in total. The molecule has 1 aliphatic heterocycles. The number of carboxylic acid groups (broad SMARTS) is 1. The van der Waals surface area contributed by atoms with Crippen LogP contribution in [-0.4, -0.2) is 120 Å². The molecule has 1 fully saturated rings. The van der Waals surface area contributed by atoms with Crippen molar-refractivity contribution in [3.63, 3.8) is 0 Å². The van der Waals surface area contributed by atoms with Gasteiger partial charge in [0.1, 0.15) is 5.78 Å². The highest BCUT2D eigenvalue weighted by atomic mass is 16.5. The molecule has 0 saturated carbocycles. The van der Waals surface area contributed by atoms with Crippen LogP contribution in [0.5, 0.6) is 0 Å². The Balaban J connectivity index is 2.29. The van der Waals surface area contributed by atoms with Crippen molar-refractivity contribution in [1.29, 1.82) is 0 Å². The Kier molecular flexibility index (Phi) is 19.2. The molecule has 1 aliphatic rings. The lowest BCUT2D eigenvalue weighted by Gasteiger charge is -2.41. The van der Waals surface area contributed by atoms with Gasteiger partial charge in [-0.2, -0.15) is 0 Å². The Labute approximate surface area is 329 Å². The summed E-state index contributed by atoms with van der Waals surface area (Å²) in [6, 6.07) is 7.70. The SMILES string of the molecule is CC[C@H](C)[C@@H]([C@@H](CC(=O)N1CCC[C@H]1[C@H](OC)[C@@H](C)C(=O)C[C@@H](Cc1ccccc1)C(=O)O)OC)N(C)C(=O)[C@@H](CC(=O)[C@H](C(C)C)N(C)C(C)=O)C(C)C. The standard InChI is InChI=1S/C43H69N3O9/c1-13-28(6)40(45(10)42(51)33(26(2)3)24-36(49)39(27(4)5)44(9)30(8)47)37(54-11)25-38(50)46-21-17-20-34(46)41(55-12)29(7)35(48)23-32(43(52)53)22-31-18-15-14-16-19-31/h14-16,18-19,26-29,32-34,37,39-41H,13,17,20-25H2,1-12H3,(H,52,53)/t28-,29-,32+,33-,34-,37+,39-,40-,41+/m0/s1. The maximum absolute atomic E-state index is 14.3. The Hall–Kier alpha value is -3.64. The number of likely N-dealkylation sites (N-methyl/N-ethyl adjacent to an activating group) is 2. The first-order valence-corrected chi connectivity index (χ1v) is 20.0. The van der Waals surface area contributed by atoms with Crippen molar-refractivity contribution in [2.75, 3.05) is 34.9 Å². The van der Waals surface area contributed by atoms with E-state index < -0.39 is 54.1 Å². The predicted octanol–water partition coefficient (Wildman–Crippen LogP) is 5.54. The highest BCUT2D eigenvalue weighted by Crippen LogP contribution is 2.32. The van der Waals surface area contributed by atoms with E-state index in [2.05, 4.69) is 0 Å². The summed E-state index contributed by atoms with van der Waals surface area (Å²) in [7, 11) is 6.38. The maximum atomic E-state index is 14.3. The zero-order valence-electron chi connectivity index (χ0n) is 35.4. The van der Waals surface area contributed by atoms with Crippen LogP contribution in [0.2, 0.25) is 0 Å². The quantitative estimate of drug-likeness (QED) is 0.151. The summed E-state index contributed by atoms with van der Waals surface area (Å²) >= 11 is 0. The fraction of sp³-hybridized carbons (Fsp3) is 0.721. The van der Waals surface area contributed by atoms with Gasteiger partial charge in [-0.1, -0.05) is 85.2 Å². The lowest BCUT2D eigenvalue weighted by Crippen LogP contribution is -2.54. The van der Waals surface area contributed by atoms with E-state index >= 15 is 0 Å². The summed E-state index contributed by atoms with van der Waals surface area (Å²) in [5, 5.41) is 9.94. The third-order valence-electron chi connectivity index (χ3n) is 11.9. The van der Waals surface area contributed by atoms with Gasteiger partial charge in [0.2, 0.25) is 17.7 Å². The van der Waals surface area contributed by atoms with Crippen molar-refractivity contribution >= 4 is 35.3 Å². The van der Waals surface area contributed by atoms with Crippen molar-refractivity contribution in [2.24, 2.45) is 35.5 Å². The van der Waals surface area contributed by atoms with Crippen molar-refractivity contribution in [3.8, 4) is 0 Å². The van der Waals surface area contributed by atoms with E-state index in [4.69, 9.17) is 9.47 Å². The number of methoxy groups -OCH3 is 2. The average Bonchev–Trinajstić information content (AvgIpc) is 3.62. The summed E-state index contributed by atoms with van der Waals surface area (Å²) in [5.41, 5.74) is 0.840. The van der Waals surface area contributed by atoms with Gasteiger partial charge >= 0.3 is 5.97 Å². The second-order valence-electron chi connectivity index (χ2n) is 16.3. The zero-order chi connectivity index (χ0) is 41.7. The lowest BCUT2D eigenvalue weighted by atomic mass is 9.83. The number of ketones is 2. The van der Waals surface area contributed by atoms with E-state index in [0.29, 0.717) is 25.8 Å². The largest absolute Gasteiger partial charge is 0.481 e. The van der Waals surface area contributed by atoms with Crippen LogP contribution in [0.3, 0.4) is 0 Å². The topological polar surface area (TPSA) is 151 Å². The maximum Gasteiger partial charge on any atom is 0.307 e. The molecule has 0 aliphatic carbocycles. The van der Waals surface area contributed by atoms with Crippen LogP contribution in [0.15, 0.2) is 30.3 Å². The fourth-order valence-corrected chi connectivity index (χ4v) is 8.35. The molecule has 0 bridgehead atoms. The minimum absolute atomic E-state index is 0.0132. The first kappa shape index (κ1) is 47.5. The smallest absolute Gasteiger partial charge is 0.307 e. The van der Waals surface area contributed by atoms with Gasteiger partial charge in [0.15, 0.2) is 5.78 Å². The molecule has 310 valence electrons. The third kappa shape index (κ3) is 12.7. The second kappa shape index (κ2) is 22.2. The van der Waals surface area contributed by atoms with E-state index in [1.807, 2.05) is 71.9 Å². The van der Waals surface area contributed by atoms with E-state index in [1.165, 1.54) is 26.0 Å².